The van der Waals surface area contributed by atoms with E-state index in [0.29, 0.717) is 31.7 Å². The molecule has 0 radical (unpaired) electrons. The van der Waals surface area contributed by atoms with Gasteiger partial charge in [0.15, 0.2) is 0 Å². The highest BCUT2D eigenvalue weighted by molar-refractivity contribution is 9.10. The van der Waals surface area contributed by atoms with Crippen LogP contribution in [0, 0.1) is 0 Å². The van der Waals surface area contributed by atoms with Crippen molar-refractivity contribution in [3.8, 4) is 0 Å². The number of hydrogen-bond donors (Lipinski definition) is 1. The predicted octanol–water partition coefficient (Wildman–Crippen LogP) is 0.673. The standard InChI is InChI=1S/C15H20BrN3O4S/c1-24(22,23)19-10-8-18(9-11-19)14(20)6-7-17-15(21)12-2-4-13(16)5-3-12/h2-5H,6-11H2,1H3,(H,17,21). The van der Waals surface area contributed by atoms with E-state index >= 15 is 0 Å². The maximum atomic E-state index is 12.1. The zero-order chi connectivity index (χ0) is 17.7. The Morgan fingerprint density at radius 3 is 2.25 bits per heavy atom. The molecule has 1 saturated heterocycles. The van der Waals surface area contributed by atoms with Crippen molar-refractivity contribution in [1.82, 2.24) is 14.5 Å². The maximum absolute atomic E-state index is 12.1. The van der Waals surface area contributed by atoms with Gasteiger partial charge in [-0.25, -0.2) is 8.42 Å². The first kappa shape index (κ1) is 18.9. The molecule has 0 aliphatic carbocycles. The molecular weight excluding hydrogens is 398 g/mol. The third-order valence-corrected chi connectivity index (χ3v) is 5.62. The number of carbonyl (C=O) groups is 2. The summed E-state index contributed by atoms with van der Waals surface area (Å²) in [4.78, 5) is 25.7. The van der Waals surface area contributed by atoms with Gasteiger partial charge >= 0.3 is 0 Å². The number of nitrogens with zero attached hydrogens (tertiary/aromatic N) is 2. The number of piperazine rings is 1. The smallest absolute Gasteiger partial charge is 0.251 e. The van der Waals surface area contributed by atoms with Gasteiger partial charge in [-0.2, -0.15) is 4.31 Å². The Bertz CT molecular complexity index is 698. The van der Waals surface area contributed by atoms with Crippen LogP contribution in [-0.4, -0.2) is 68.4 Å². The van der Waals surface area contributed by atoms with Gasteiger partial charge in [0.1, 0.15) is 0 Å². The molecule has 1 fully saturated rings. The summed E-state index contributed by atoms with van der Waals surface area (Å²) in [6.45, 7) is 1.64. The number of halogens is 1. The van der Waals surface area contributed by atoms with E-state index in [0.717, 1.165) is 4.47 Å². The van der Waals surface area contributed by atoms with Gasteiger partial charge in [0, 0.05) is 49.2 Å². The fourth-order valence-corrected chi connectivity index (χ4v) is 3.50. The molecule has 9 heteroatoms. The summed E-state index contributed by atoms with van der Waals surface area (Å²) >= 11 is 3.30. The Balaban J connectivity index is 1.74. The van der Waals surface area contributed by atoms with Crippen LogP contribution in [0.2, 0.25) is 0 Å². The van der Waals surface area contributed by atoms with Gasteiger partial charge in [0.05, 0.1) is 6.26 Å². The molecule has 0 bridgehead atoms. The van der Waals surface area contributed by atoms with Crippen LogP contribution in [0.1, 0.15) is 16.8 Å². The second-order valence-electron chi connectivity index (χ2n) is 5.56. The Hall–Kier alpha value is -1.45. The van der Waals surface area contributed by atoms with Crippen LogP contribution in [0.25, 0.3) is 0 Å². The summed E-state index contributed by atoms with van der Waals surface area (Å²) in [5.41, 5.74) is 0.535. The zero-order valence-electron chi connectivity index (χ0n) is 13.4. The van der Waals surface area contributed by atoms with Crippen LogP contribution in [0.15, 0.2) is 28.7 Å². The second-order valence-corrected chi connectivity index (χ2v) is 8.45. The monoisotopic (exact) mass is 417 g/mol. The van der Waals surface area contributed by atoms with Crippen molar-refractivity contribution in [2.24, 2.45) is 0 Å². The molecular formula is C15H20BrN3O4S. The van der Waals surface area contributed by atoms with Crippen molar-refractivity contribution >= 4 is 37.8 Å². The molecule has 1 aliphatic rings. The normalized spacial score (nSPS) is 16.0. The Kier molecular flexibility index (Phi) is 6.36. The minimum atomic E-state index is -3.20. The fraction of sp³-hybridized carbons (Fsp3) is 0.467. The first-order valence-corrected chi connectivity index (χ1v) is 10.2. The van der Waals surface area contributed by atoms with E-state index in [1.807, 2.05) is 0 Å². The van der Waals surface area contributed by atoms with Gasteiger partial charge in [-0.15, -0.1) is 0 Å². The van der Waals surface area contributed by atoms with Crippen molar-refractivity contribution < 1.29 is 18.0 Å². The second kappa shape index (κ2) is 8.09. The van der Waals surface area contributed by atoms with E-state index in [2.05, 4.69) is 21.2 Å². The van der Waals surface area contributed by atoms with Crippen LogP contribution in [0.3, 0.4) is 0 Å². The quantitative estimate of drug-likeness (QED) is 0.762. The molecule has 1 aliphatic heterocycles. The molecule has 1 aromatic rings. The third kappa shape index (κ3) is 5.29. The van der Waals surface area contributed by atoms with E-state index in [1.54, 1.807) is 29.2 Å². The van der Waals surface area contributed by atoms with Crippen LogP contribution in [-0.2, 0) is 14.8 Å². The van der Waals surface area contributed by atoms with E-state index in [1.165, 1.54) is 10.6 Å². The summed E-state index contributed by atoms with van der Waals surface area (Å²) < 4.78 is 25.1. The molecule has 132 valence electrons. The molecule has 7 nitrogen and oxygen atoms in total. The lowest BCUT2D eigenvalue weighted by molar-refractivity contribution is -0.132. The van der Waals surface area contributed by atoms with Gasteiger partial charge in [-0.1, -0.05) is 15.9 Å². The molecule has 1 N–H and O–H groups in total. The highest BCUT2D eigenvalue weighted by atomic mass is 79.9. The summed E-state index contributed by atoms with van der Waals surface area (Å²) in [6.07, 6.45) is 1.36. The van der Waals surface area contributed by atoms with Crippen molar-refractivity contribution in [2.45, 2.75) is 6.42 Å². The third-order valence-electron chi connectivity index (χ3n) is 3.79. The number of benzene rings is 1. The van der Waals surface area contributed by atoms with Crippen LogP contribution >= 0.6 is 15.9 Å². The summed E-state index contributed by atoms with van der Waals surface area (Å²) in [6, 6.07) is 6.96. The average molecular weight is 418 g/mol. The molecule has 1 heterocycles. The molecule has 24 heavy (non-hydrogen) atoms. The van der Waals surface area contributed by atoms with Crippen molar-refractivity contribution in [3.63, 3.8) is 0 Å². The minimum Gasteiger partial charge on any atom is -0.352 e. The van der Waals surface area contributed by atoms with Gasteiger partial charge < -0.3 is 10.2 Å². The van der Waals surface area contributed by atoms with Crippen molar-refractivity contribution in [2.75, 3.05) is 39.0 Å². The molecule has 0 atom stereocenters. The number of sulfonamides is 1. The number of amides is 2. The number of carbonyl (C=O) groups excluding carboxylic acids is 2. The molecule has 2 amide bonds. The number of hydrogen-bond acceptors (Lipinski definition) is 4. The van der Waals surface area contributed by atoms with Crippen LogP contribution in [0.5, 0.6) is 0 Å². The molecule has 1 aromatic carbocycles. The van der Waals surface area contributed by atoms with Gasteiger partial charge in [0.2, 0.25) is 15.9 Å². The lowest BCUT2D eigenvalue weighted by Gasteiger charge is -2.33. The van der Waals surface area contributed by atoms with Gasteiger partial charge in [-0.05, 0) is 24.3 Å². The Morgan fingerprint density at radius 2 is 1.71 bits per heavy atom. The predicted molar refractivity (Wildman–Crippen MR) is 94.1 cm³/mol. The first-order chi connectivity index (χ1) is 11.3. The lowest BCUT2D eigenvalue weighted by atomic mass is 10.2. The molecule has 2 rings (SSSR count). The first-order valence-electron chi connectivity index (χ1n) is 7.54. The molecule has 0 saturated carbocycles. The van der Waals surface area contributed by atoms with Crippen molar-refractivity contribution in [1.29, 1.82) is 0 Å². The number of nitrogens with one attached hydrogen (secondary N) is 1. The van der Waals surface area contributed by atoms with E-state index in [-0.39, 0.29) is 24.8 Å². The van der Waals surface area contributed by atoms with E-state index in [9.17, 15) is 18.0 Å². The summed E-state index contributed by atoms with van der Waals surface area (Å²) in [5.74, 6) is -0.309. The Labute approximate surface area is 150 Å². The number of rotatable bonds is 5. The van der Waals surface area contributed by atoms with Gasteiger partial charge in [0.25, 0.3) is 5.91 Å². The largest absolute Gasteiger partial charge is 0.352 e. The lowest BCUT2D eigenvalue weighted by Crippen LogP contribution is -2.50. The van der Waals surface area contributed by atoms with Crippen LogP contribution in [0.4, 0.5) is 0 Å². The van der Waals surface area contributed by atoms with Crippen LogP contribution < -0.4 is 5.32 Å². The average Bonchev–Trinajstić information content (AvgIpc) is 2.54. The molecule has 0 spiro atoms. The van der Waals surface area contributed by atoms with E-state index < -0.39 is 10.0 Å². The fourth-order valence-electron chi connectivity index (χ4n) is 2.41. The summed E-state index contributed by atoms with van der Waals surface area (Å²) in [7, 11) is -3.20. The topological polar surface area (TPSA) is 86.8 Å². The van der Waals surface area contributed by atoms with Crippen molar-refractivity contribution in [3.05, 3.63) is 34.3 Å². The Morgan fingerprint density at radius 1 is 1.12 bits per heavy atom. The SMILES string of the molecule is CS(=O)(=O)N1CCN(C(=O)CCNC(=O)c2ccc(Br)cc2)CC1. The highest BCUT2D eigenvalue weighted by Crippen LogP contribution is 2.10. The zero-order valence-corrected chi connectivity index (χ0v) is 15.8. The van der Waals surface area contributed by atoms with Gasteiger partial charge in [-0.3, -0.25) is 9.59 Å². The maximum Gasteiger partial charge on any atom is 0.251 e. The minimum absolute atomic E-state index is 0.0840. The van der Waals surface area contributed by atoms with E-state index in [4.69, 9.17) is 0 Å². The molecule has 0 aromatic heterocycles. The molecule has 0 unspecified atom stereocenters. The summed E-state index contributed by atoms with van der Waals surface area (Å²) in [5, 5.41) is 2.71. The highest BCUT2D eigenvalue weighted by Gasteiger charge is 2.25.